The molecule has 1 aliphatic heterocycles. The number of fused-ring (bicyclic) bond motifs is 1. The summed E-state index contributed by atoms with van der Waals surface area (Å²) in [4.78, 5) is 27.5. The molecule has 0 fully saturated rings. The number of benzene rings is 2. The standard InChI is InChI=1S/C23H29N3O2/c1-16(2)13-22(27)26-15-19-6-4-3-5-18(19)14-21(26)23(28)25-12-11-17-7-9-20(24)10-8-17/h3-10,16,21H,11-15,24H2,1-2H3,(H,25,28). The van der Waals surface area contributed by atoms with Crippen LogP contribution in [0.1, 0.15) is 37.0 Å². The Morgan fingerprint density at radius 3 is 2.46 bits per heavy atom. The molecule has 0 aliphatic carbocycles. The second kappa shape index (κ2) is 8.91. The molecule has 148 valence electrons. The van der Waals surface area contributed by atoms with Gasteiger partial charge >= 0.3 is 0 Å². The van der Waals surface area contributed by atoms with Crippen LogP contribution in [0.2, 0.25) is 0 Å². The summed E-state index contributed by atoms with van der Waals surface area (Å²) < 4.78 is 0. The Kier molecular flexibility index (Phi) is 6.34. The normalized spacial score (nSPS) is 16.0. The highest BCUT2D eigenvalue weighted by molar-refractivity contribution is 5.88. The molecule has 1 atom stereocenters. The van der Waals surface area contributed by atoms with E-state index in [-0.39, 0.29) is 17.7 Å². The van der Waals surface area contributed by atoms with Crippen molar-refractivity contribution in [3.8, 4) is 0 Å². The van der Waals surface area contributed by atoms with Crippen molar-refractivity contribution in [3.05, 3.63) is 65.2 Å². The topological polar surface area (TPSA) is 75.4 Å². The van der Waals surface area contributed by atoms with Crippen molar-refractivity contribution in [1.29, 1.82) is 0 Å². The molecule has 0 spiro atoms. The Morgan fingerprint density at radius 2 is 1.79 bits per heavy atom. The highest BCUT2D eigenvalue weighted by Crippen LogP contribution is 2.25. The third kappa shape index (κ3) is 4.91. The Bertz CT molecular complexity index is 830. The van der Waals surface area contributed by atoms with E-state index >= 15 is 0 Å². The van der Waals surface area contributed by atoms with Crippen molar-refractivity contribution in [3.63, 3.8) is 0 Å². The molecule has 2 aromatic rings. The summed E-state index contributed by atoms with van der Waals surface area (Å²) in [6.07, 6.45) is 1.75. The summed E-state index contributed by atoms with van der Waals surface area (Å²) in [6.45, 7) is 5.08. The molecular formula is C23H29N3O2. The summed E-state index contributed by atoms with van der Waals surface area (Å²) in [5, 5.41) is 3.02. The van der Waals surface area contributed by atoms with Gasteiger partial charge in [-0.15, -0.1) is 0 Å². The van der Waals surface area contributed by atoms with Gasteiger partial charge in [0, 0.05) is 31.6 Å². The first-order valence-corrected chi connectivity index (χ1v) is 9.92. The Morgan fingerprint density at radius 1 is 1.11 bits per heavy atom. The predicted molar refractivity (Wildman–Crippen MR) is 112 cm³/mol. The summed E-state index contributed by atoms with van der Waals surface area (Å²) >= 11 is 0. The number of anilines is 1. The molecule has 3 rings (SSSR count). The van der Waals surface area contributed by atoms with Gasteiger partial charge in [-0.25, -0.2) is 0 Å². The second-order valence-electron chi connectivity index (χ2n) is 7.89. The summed E-state index contributed by atoms with van der Waals surface area (Å²) in [5.41, 5.74) is 9.84. The van der Waals surface area contributed by atoms with E-state index in [1.807, 2.05) is 62.4 Å². The number of hydrogen-bond donors (Lipinski definition) is 2. The predicted octanol–water partition coefficient (Wildman–Crippen LogP) is 2.93. The van der Waals surface area contributed by atoms with E-state index in [1.54, 1.807) is 4.90 Å². The van der Waals surface area contributed by atoms with Crippen LogP contribution in [-0.4, -0.2) is 29.3 Å². The van der Waals surface area contributed by atoms with Crippen molar-refractivity contribution >= 4 is 17.5 Å². The average molecular weight is 380 g/mol. The first-order chi connectivity index (χ1) is 13.4. The van der Waals surface area contributed by atoms with E-state index in [0.29, 0.717) is 25.9 Å². The molecule has 2 amide bonds. The molecular weight excluding hydrogens is 350 g/mol. The molecule has 0 radical (unpaired) electrons. The summed E-state index contributed by atoms with van der Waals surface area (Å²) in [5.74, 6) is 0.226. The molecule has 0 aromatic heterocycles. The number of carbonyl (C=O) groups is 2. The van der Waals surface area contributed by atoms with Crippen LogP contribution in [-0.2, 0) is 29.0 Å². The Labute approximate surface area is 166 Å². The number of nitrogens with two attached hydrogens (primary N) is 1. The van der Waals surface area contributed by atoms with Crippen molar-refractivity contribution in [2.45, 2.75) is 45.7 Å². The molecule has 5 heteroatoms. The van der Waals surface area contributed by atoms with E-state index < -0.39 is 6.04 Å². The maximum absolute atomic E-state index is 12.9. The van der Waals surface area contributed by atoms with Crippen LogP contribution in [0.5, 0.6) is 0 Å². The molecule has 2 aromatic carbocycles. The van der Waals surface area contributed by atoms with E-state index in [2.05, 4.69) is 5.32 Å². The lowest BCUT2D eigenvalue weighted by atomic mass is 9.92. The largest absolute Gasteiger partial charge is 0.399 e. The maximum atomic E-state index is 12.9. The monoisotopic (exact) mass is 379 g/mol. The smallest absolute Gasteiger partial charge is 0.243 e. The Balaban J connectivity index is 1.67. The first-order valence-electron chi connectivity index (χ1n) is 9.92. The number of amides is 2. The number of carbonyl (C=O) groups excluding carboxylic acids is 2. The first kappa shape index (κ1) is 19.9. The van der Waals surface area contributed by atoms with Gasteiger partial charge in [-0.1, -0.05) is 50.2 Å². The van der Waals surface area contributed by atoms with Gasteiger partial charge in [0.2, 0.25) is 11.8 Å². The lowest BCUT2D eigenvalue weighted by molar-refractivity contribution is -0.142. The molecule has 0 saturated carbocycles. The number of nitrogen functional groups attached to an aromatic ring is 1. The van der Waals surface area contributed by atoms with Gasteiger partial charge in [0.05, 0.1) is 0 Å². The van der Waals surface area contributed by atoms with Gasteiger partial charge in [-0.05, 0) is 41.2 Å². The molecule has 0 saturated heterocycles. The second-order valence-corrected chi connectivity index (χ2v) is 7.89. The van der Waals surface area contributed by atoms with Gasteiger partial charge in [-0.3, -0.25) is 9.59 Å². The van der Waals surface area contributed by atoms with Crippen LogP contribution in [0.15, 0.2) is 48.5 Å². The average Bonchev–Trinajstić information content (AvgIpc) is 2.68. The third-order valence-corrected chi connectivity index (χ3v) is 5.15. The number of hydrogen-bond acceptors (Lipinski definition) is 3. The van der Waals surface area contributed by atoms with Gasteiger partial charge in [0.1, 0.15) is 6.04 Å². The van der Waals surface area contributed by atoms with Crippen LogP contribution >= 0.6 is 0 Å². The highest BCUT2D eigenvalue weighted by atomic mass is 16.2. The minimum Gasteiger partial charge on any atom is -0.399 e. The zero-order valence-corrected chi connectivity index (χ0v) is 16.7. The summed E-state index contributed by atoms with van der Waals surface area (Å²) in [7, 11) is 0. The molecule has 1 aliphatic rings. The van der Waals surface area contributed by atoms with Crippen LogP contribution in [0.25, 0.3) is 0 Å². The lowest BCUT2D eigenvalue weighted by Gasteiger charge is -2.36. The van der Waals surface area contributed by atoms with Gasteiger partial charge in [-0.2, -0.15) is 0 Å². The van der Waals surface area contributed by atoms with Gasteiger partial charge in [0.15, 0.2) is 0 Å². The molecule has 3 N–H and O–H groups in total. The molecule has 1 heterocycles. The molecule has 5 nitrogen and oxygen atoms in total. The zero-order valence-electron chi connectivity index (χ0n) is 16.7. The quantitative estimate of drug-likeness (QED) is 0.758. The van der Waals surface area contributed by atoms with Gasteiger partial charge in [0.25, 0.3) is 0 Å². The molecule has 0 bridgehead atoms. The highest BCUT2D eigenvalue weighted by Gasteiger charge is 2.34. The number of nitrogens with zero attached hydrogens (tertiary/aromatic N) is 1. The number of nitrogens with one attached hydrogen (secondary N) is 1. The summed E-state index contributed by atoms with van der Waals surface area (Å²) in [6, 6.07) is 15.3. The van der Waals surface area contributed by atoms with E-state index in [1.165, 1.54) is 0 Å². The third-order valence-electron chi connectivity index (χ3n) is 5.15. The van der Waals surface area contributed by atoms with Crippen molar-refractivity contribution < 1.29 is 9.59 Å². The van der Waals surface area contributed by atoms with E-state index in [9.17, 15) is 9.59 Å². The zero-order chi connectivity index (χ0) is 20.1. The molecule has 1 unspecified atom stereocenters. The minimum absolute atomic E-state index is 0.0446. The van der Waals surface area contributed by atoms with Crippen LogP contribution < -0.4 is 11.1 Å². The fraction of sp³-hybridized carbons (Fsp3) is 0.391. The fourth-order valence-corrected chi connectivity index (χ4v) is 3.62. The van der Waals surface area contributed by atoms with Crippen molar-refractivity contribution in [2.24, 2.45) is 5.92 Å². The molecule has 28 heavy (non-hydrogen) atoms. The minimum atomic E-state index is -0.451. The van der Waals surface area contributed by atoms with E-state index in [4.69, 9.17) is 5.73 Å². The lowest BCUT2D eigenvalue weighted by Crippen LogP contribution is -2.53. The van der Waals surface area contributed by atoms with Gasteiger partial charge < -0.3 is 16.0 Å². The van der Waals surface area contributed by atoms with Crippen LogP contribution in [0, 0.1) is 5.92 Å². The van der Waals surface area contributed by atoms with E-state index in [0.717, 1.165) is 28.8 Å². The SMILES string of the molecule is CC(C)CC(=O)N1Cc2ccccc2CC1C(=O)NCCc1ccc(N)cc1. The van der Waals surface area contributed by atoms with Crippen molar-refractivity contribution in [2.75, 3.05) is 12.3 Å². The maximum Gasteiger partial charge on any atom is 0.243 e. The fourth-order valence-electron chi connectivity index (χ4n) is 3.62. The van der Waals surface area contributed by atoms with Crippen molar-refractivity contribution in [1.82, 2.24) is 10.2 Å². The Hall–Kier alpha value is -2.82. The van der Waals surface area contributed by atoms with Crippen LogP contribution in [0.4, 0.5) is 5.69 Å². The van der Waals surface area contributed by atoms with Crippen LogP contribution in [0.3, 0.4) is 0 Å². The number of rotatable bonds is 6.